The van der Waals surface area contributed by atoms with Crippen LogP contribution in [0.25, 0.3) is 6.08 Å². The van der Waals surface area contributed by atoms with Crippen molar-refractivity contribution in [2.45, 2.75) is 19.1 Å². The fourth-order valence-corrected chi connectivity index (χ4v) is 2.42. The van der Waals surface area contributed by atoms with Gasteiger partial charge >= 0.3 is 6.18 Å². The smallest absolute Gasteiger partial charge is 0.335 e. The number of hydrogen-bond acceptors (Lipinski definition) is 3. The summed E-state index contributed by atoms with van der Waals surface area (Å²) in [5, 5.41) is 10.9. The summed E-state index contributed by atoms with van der Waals surface area (Å²) >= 11 is 0. The summed E-state index contributed by atoms with van der Waals surface area (Å²) in [6.07, 6.45) is -1.99. The summed E-state index contributed by atoms with van der Waals surface area (Å²) in [6.45, 7) is 1.70. The summed E-state index contributed by atoms with van der Waals surface area (Å²) in [4.78, 5) is 24.0. The molecule has 0 saturated carbocycles. The van der Waals surface area contributed by atoms with E-state index in [2.05, 4.69) is 0 Å². The summed E-state index contributed by atoms with van der Waals surface area (Å²) in [7, 11) is 1.52. The molecular weight excluding hydrogens is 361 g/mol. The van der Waals surface area contributed by atoms with Gasteiger partial charge in [0.1, 0.15) is 0 Å². The van der Waals surface area contributed by atoms with Crippen molar-refractivity contribution < 1.29 is 22.9 Å². The first-order valence-corrected chi connectivity index (χ1v) is 7.96. The number of alkyl halides is 3. The van der Waals surface area contributed by atoms with Crippen molar-refractivity contribution in [2.24, 2.45) is 0 Å². The number of nitrogens with zero attached hydrogens (tertiary/aromatic N) is 2. The molecule has 0 aliphatic rings. The minimum atomic E-state index is -4.46. The number of halogens is 3. The lowest BCUT2D eigenvalue weighted by atomic mass is 10.1. The van der Waals surface area contributed by atoms with Crippen LogP contribution in [0.2, 0.25) is 0 Å². The first kappa shape index (κ1) is 20.2. The van der Waals surface area contributed by atoms with Crippen molar-refractivity contribution in [1.82, 2.24) is 4.90 Å². The number of nitro groups is 1. The third kappa shape index (κ3) is 5.16. The predicted octanol–water partition coefficient (Wildman–Crippen LogP) is 4.85. The number of amides is 1. The number of carbonyl (C=O) groups excluding carboxylic acids is 1. The summed E-state index contributed by atoms with van der Waals surface area (Å²) < 4.78 is 38.2. The van der Waals surface area contributed by atoms with Gasteiger partial charge in [-0.3, -0.25) is 14.9 Å². The van der Waals surface area contributed by atoms with Crippen molar-refractivity contribution >= 4 is 17.7 Å². The number of hydrogen-bond donors (Lipinski definition) is 0. The number of nitro benzene ring substituents is 1. The average Bonchev–Trinajstić information content (AvgIpc) is 2.64. The van der Waals surface area contributed by atoms with Crippen LogP contribution < -0.4 is 0 Å². The molecule has 0 aromatic heterocycles. The van der Waals surface area contributed by atoms with Gasteiger partial charge in [-0.15, -0.1) is 0 Å². The van der Waals surface area contributed by atoms with Crippen molar-refractivity contribution in [1.29, 1.82) is 0 Å². The van der Waals surface area contributed by atoms with E-state index < -0.39 is 28.6 Å². The average molecular weight is 378 g/mol. The lowest BCUT2D eigenvalue weighted by Crippen LogP contribution is -2.28. The van der Waals surface area contributed by atoms with Gasteiger partial charge in [0.15, 0.2) is 0 Å². The van der Waals surface area contributed by atoms with E-state index in [1.807, 2.05) is 0 Å². The number of likely N-dealkylation sites (N-methyl/N-ethyl adjacent to an activating group) is 1. The molecule has 0 heterocycles. The van der Waals surface area contributed by atoms with E-state index in [4.69, 9.17) is 0 Å². The molecule has 2 rings (SSSR count). The molecule has 0 bridgehead atoms. The maximum Gasteiger partial charge on any atom is 0.416 e. The molecule has 1 atom stereocenters. The number of benzene rings is 2. The molecule has 0 radical (unpaired) electrons. The number of non-ortho nitro benzene ring substituents is 1. The first-order valence-electron chi connectivity index (χ1n) is 7.96. The Kier molecular flexibility index (Phi) is 5.99. The standard InChI is InChI=1S/C19H17F3N2O3/c1-13(15-6-4-8-17(12-15)24(26)27)23(2)18(25)10-9-14-5-3-7-16(11-14)19(20,21)22/h3-13H,1-2H3/b10-9+/t13-/m0/s1. The first-order chi connectivity index (χ1) is 12.6. The SMILES string of the molecule is C[C@@H](c1cccc([N+](=O)[O-])c1)N(C)C(=O)/C=C/c1cccc(C(F)(F)F)c1. The van der Waals surface area contributed by atoms with Gasteiger partial charge in [-0.1, -0.05) is 24.3 Å². The van der Waals surface area contributed by atoms with Gasteiger partial charge in [-0.2, -0.15) is 13.2 Å². The van der Waals surface area contributed by atoms with Crippen molar-refractivity contribution in [3.63, 3.8) is 0 Å². The second-order valence-corrected chi connectivity index (χ2v) is 5.93. The number of rotatable bonds is 5. The van der Waals surface area contributed by atoms with Crippen LogP contribution >= 0.6 is 0 Å². The Morgan fingerprint density at radius 3 is 2.48 bits per heavy atom. The van der Waals surface area contributed by atoms with Crippen LogP contribution in [0.4, 0.5) is 18.9 Å². The van der Waals surface area contributed by atoms with Crippen LogP contribution in [0.15, 0.2) is 54.6 Å². The van der Waals surface area contributed by atoms with Crippen LogP contribution in [-0.4, -0.2) is 22.8 Å². The highest BCUT2D eigenvalue weighted by Crippen LogP contribution is 2.30. The lowest BCUT2D eigenvalue weighted by Gasteiger charge is -2.24. The maximum absolute atomic E-state index is 12.7. The molecule has 142 valence electrons. The zero-order valence-electron chi connectivity index (χ0n) is 14.6. The van der Waals surface area contributed by atoms with Gasteiger partial charge in [0.25, 0.3) is 5.69 Å². The molecule has 0 unspecified atom stereocenters. The van der Waals surface area contributed by atoms with Gasteiger partial charge in [-0.25, -0.2) is 0 Å². The van der Waals surface area contributed by atoms with Crippen molar-refractivity contribution in [3.05, 3.63) is 81.4 Å². The maximum atomic E-state index is 12.7. The highest BCUT2D eigenvalue weighted by molar-refractivity contribution is 5.91. The molecule has 0 aliphatic carbocycles. The van der Waals surface area contributed by atoms with Crippen molar-refractivity contribution in [2.75, 3.05) is 7.05 Å². The fourth-order valence-electron chi connectivity index (χ4n) is 2.42. The zero-order chi connectivity index (χ0) is 20.2. The van der Waals surface area contributed by atoms with Gasteiger partial charge in [0, 0.05) is 25.3 Å². The van der Waals surface area contributed by atoms with E-state index in [-0.39, 0.29) is 11.3 Å². The Balaban J connectivity index is 2.14. The van der Waals surface area contributed by atoms with Gasteiger partial charge in [0.2, 0.25) is 5.91 Å². The van der Waals surface area contributed by atoms with Crippen LogP contribution in [0, 0.1) is 10.1 Å². The molecule has 2 aromatic rings. The molecule has 1 amide bonds. The largest absolute Gasteiger partial charge is 0.416 e. The van der Waals surface area contributed by atoms with E-state index in [1.54, 1.807) is 13.0 Å². The highest BCUT2D eigenvalue weighted by Gasteiger charge is 2.30. The third-order valence-electron chi connectivity index (χ3n) is 4.12. The Morgan fingerprint density at radius 2 is 1.85 bits per heavy atom. The minimum Gasteiger partial charge on any atom is -0.335 e. The molecule has 8 heteroatoms. The lowest BCUT2D eigenvalue weighted by molar-refractivity contribution is -0.384. The molecule has 0 N–H and O–H groups in total. The Morgan fingerprint density at radius 1 is 1.19 bits per heavy atom. The third-order valence-corrected chi connectivity index (χ3v) is 4.12. The molecule has 0 saturated heterocycles. The molecule has 0 fully saturated rings. The molecule has 0 spiro atoms. The summed E-state index contributed by atoms with van der Waals surface area (Å²) in [5.41, 5.74) is -0.0581. The van der Waals surface area contributed by atoms with Crippen LogP contribution in [0.1, 0.15) is 29.7 Å². The van der Waals surface area contributed by atoms with E-state index in [0.717, 1.165) is 12.1 Å². The molecule has 27 heavy (non-hydrogen) atoms. The van der Waals surface area contributed by atoms with Crippen LogP contribution in [-0.2, 0) is 11.0 Å². The topological polar surface area (TPSA) is 63.5 Å². The Hall–Kier alpha value is -3.16. The quantitative estimate of drug-likeness (QED) is 0.425. The summed E-state index contributed by atoms with van der Waals surface area (Å²) in [6, 6.07) is 10.1. The molecule has 0 aliphatic heterocycles. The van der Waals surface area contributed by atoms with Gasteiger partial charge in [0.05, 0.1) is 16.5 Å². The van der Waals surface area contributed by atoms with Crippen LogP contribution in [0.5, 0.6) is 0 Å². The van der Waals surface area contributed by atoms with E-state index >= 15 is 0 Å². The van der Waals surface area contributed by atoms with Gasteiger partial charge < -0.3 is 4.90 Å². The molecule has 2 aromatic carbocycles. The molecular formula is C19H17F3N2O3. The predicted molar refractivity (Wildman–Crippen MR) is 94.8 cm³/mol. The number of carbonyl (C=O) groups is 1. The van der Waals surface area contributed by atoms with E-state index in [1.165, 1.54) is 54.4 Å². The van der Waals surface area contributed by atoms with E-state index in [9.17, 15) is 28.1 Å². The normalized spacial score (nSPS) is 12.8. The van der Waals surface area contributed by atoms with Gasteiger partial charge in [-0.05, 0) is 36.3 Å². The zero-order valence-corrected chi connectivity index (χ0v) is 14.6. The second kappa shape index (κ2) is 8.03. The second-order valence-electron chi connectivity index (χ2n) is 5.93. The summed E-state index contributed by atoms with van der Waals surface area (Å²) in [5.74, 6) is -0.439. The molecule has 5 nitrogen and oxygen atoms in total. The highest BCUT2D eigenvalue weighted by atomic mass is 19.4. The fraction of sp³-hybridized carbons (Fsp3) is 0.211. The Bertz CT molecular complexity index is 878. The van der Waals surface area contributed by atoms with Crippen molar-refractivity contribution in [3.8, 4) is 0 Å². The monoisotopic (exact) mass is 378 g/mol. The van der Waals surface area contributed by atoms with E-state index in [0.29, 0.717) is 5.56 Å². The minimum absolute atomic E-state index is 0.0836. The van der Waals surface area contributed by atoms with Crippen LogP contribution in [0.3, 0.4) is 0 Å². The Labute approximate surface area is 153 Å².